The van der Waals surface area contributed by atoms with Gasteiger partial charge in [0, 0.05) is 5.41 Å². The first-order valence-corrected chi connectivity index (χ1v) is 3.35. The highest BCUT2D eigenvalue weighted by molar-refractivity contribution is 5.65. The Labute approximate surface area is 64.2 Å². The second kappa shape index (κ2) is 2.22. The van der Waals surface area contributed by atoms with Crippen LogP contribution in [0.3, 0.4) is 0 Å². The van der Waals surface area contributed by atoms with Crippen molar-refractivity contribution in [1.82, 2.24) is 0 Å². The van der Waals surface area contributed by atoms with Crippen LogP contribution in [0.15, 0.2) is 0 Å². The quantitative estimate of drug-likeness (QED) is 0.479. The van der Waals surface area contributed by atoms with Gasteiger partial charge in [0.1, 0.15) is 12.4 Å². The largest absolute Gasteiger partial charge is 0.506 e. The maximum atomic E-state index is 10.3. The van der Waals surface area contributed by atoms with E-state index in [2.05, 4.69) is 4.74 Å². The minimum Gasteiger partial charge on any atom is -0.450 e. The molecule has 0 radical (unpaired) electrons. The van der Waals surface area contributed by atoms with Gasteiger partial charge in [0.2, 0.25) is 0 Å². The second-order valence-corrected chi connectivity index (χ2v) is 3.29. The predicted molar refractivity (Wildman–Crippen MR) is 36.2 cm³/mol. The molecular formula is C7H10O4. The maximum Gasteiger partial charge on any atom is 0.506 e. The van der Waals surface area contributed by atoms with Crippen molar-refractivity contribution >= 4 is 12.4 Å². The topological polar surface area (TPSA) is 63.6 Å². The molecule has 4 heteroatoms. The molecule has 1 N–H and O–H groups in total. The second-order valence-electron chi connectivity index (χ2n) is 3.29. The number of rotatable bonds is 2. The van der Waals surface area contributed by atoms with Gasteiger partial charge in [0.15, 0.2) is 0 Å². The third kappa shape index (κ3) is 1.20. The van der Waals surface area contributed by atoms with Crippen LogP contribution in [0.4, 0.5) is 4.79 Å². The zero-order chi connectivity index (χ0) is 8.65. The Kier molecular flexibility index (Phi) is 1.62. The fourth-order valence-electron chi connectivity index (χ4n) is 1.21. The molecule has 62 valence electrons. The molecule has 0 amide bonds. The molecule has 0 heterocycles. The Morgan fingerprint density at radius 3 is 2.45 bits per heavy atom. The average molecular weight is 158 g/mol. The van der Waals surface area contributed by atoms with Gasteiger partial charge in [-0.1, -0.05) is 13.8 Å². The summed E-state index contributed by atoms with van der Waals surface area (Å²) in [4.78, 5) is 20.4. The number of aldehydes is 1. The van der Waals surface area contributed by atoms with E-state index in [1.165, 1.54) is 0 Å². The summed E-state index contributed by atoms with van der Waals surface area (Å²) in [6.45, 7) is 3.61. The predicted octanol–water partition coefficient (Wildman–Crippen LogP) is 0.905. The summed E-state index contributed by atoms with van der Waals surface area (Å²) in [6.07, 6.45) is -1.02. The van der Waals surface area contributed by atoms with Gasteiger partial charge in [0.05, 0.1) is 5.92 Å². The highest BCUT2D eigenvalue weighted by Gasteiger charge is 2.61. The molecule has 0 aromatic carbocycles. The molecule has 0 bridgehead atoms. The highest BCUT2D eigenvalue weighted by Crippen LogP contribution is 2.52. The molecule has 0 aliphatic heterocycles. The summed E-state index contributed by atoms with van der Waals surface area (Å²) >= 11 is 0. The van der Waals surface area contributed by atoms with Crippen LogP contribution < -0.4 is 0 Å². The minimum absolute atomic E-state index is 0.265. The number of hydrogen-bond acceptors (Lipinski definition) is 3. The molecule has 1 rings (SSSR count). The van der Waals surface area contributed by atoms with Crippen LogP contribution in [0, 0.1) is 11.3 Å². The molecule has 1 aliphatic rings. The first-order chi connectivity index (χ1) is 5.00. The minimum atomic E-state index is -1.31. The van der Waals surface area contributed by atoms with Crippen molar-refractivity contribution in [2.45, 2.75) is 20.0 Å². The van der Waals surface area contributed by atoms with E-state index in [1.807, 2.05) is 0 Å². The first kappa shape index (κ1) is 8.04. The van der Waals surface area contributed by atoms with Crippen LogP contribution in [0.25, 0.3) is 0 Å². The zero-order valence-corrected chi connectivity index (χ0v) is 6.40. The SMILES string of the molecule is CC1(C)[C@H](OC(=O)O)[C@@H]1C=O. The summed E-state index contributed by atoms with van der Waals surface area (Å²) in [6, 6.07) is 0. The van der Waals surface area contributed by atoms with Crippen LogP contribution in [-0.4, -0.2) is 23.7 Å². The highest BCUT2D eigenvalue weighted by atomic mass is 16.7. The summed E-state index contributed by atoms with van der Waals surface area (Å²) in [5.41, 5.74) is -0.305. The number of carboxylic acid groups (broad SMARTS) is 1. The Balaban J connectivity index is 2.52. The van der Waals surface area contributed by atoms with E-state index in [0.717, 1.165) is 6.29 Å². The van der Waals surface area contributed by atoms with Gasteiger partial charge in [-0.05, 0) is 0 Å². The van der Waals surface area contributed by atoms with Crippen LogP contribution in [0.1, 0.15) is 13.8 Å². The van der Waals surface area contributed by atoms with E-state index in [-0.39, 0.29) is 11.3 Å². The van der Waals surface area contributed by atoms with Crippen molar-refractivity contribution in [2.75, 3.05) is 0 Å². The fraction of sp³-hybridized carbons (Fsp3) is 0.714. The summed E-state index contributed by atoms with van der Waals surface area (Å²) < 4.78 is 4.47. The van der Waals surface area contributed by atoms with Gasteiger partial charge >= 0.3 is 6.16 Å². The van der Waals surface area contributed by atoms with Gasteiger partial charge in [-0.15, -0.1) is 0 Å². The molecule has 0 spiro atoms. The third-order valence-corrected chi connectivity index (χ3v) is 2.18. The van der Waals surface area contributed by atoms with E-state index in [9.17, 15) is 9.59 Å². The molecule has 0 aromatic heterocycles. The molecule has 1 fully saturated rings. The van der Waals surface area contributed by atoms with Crippen LogP contribution in [-0.2, 0) is 9.53 Å². The van der Waals surface area contributed by atoms with Crippen molar-refractivity contribution in [2.24, 2.45) is 11.3 Å². The molecule has 2 atom stereocenters. The summed E-state index contributed by atoms with van der Waals surface area (Å²) in [7, 11) is 0. The zero-order valence-electron chi connectivity index (χ0n) is 6.40. The number of hydrogen-bond donors (Lipinski definition) is 1. The Hall–Kier alpha value is -1.06. The maximum absolute atomic E-state index is 10.3. The van der Waals surface area contributed by atoms with Crippen molar-refractivity contribution in [1.29, 1.82) is 0 Å². The lowest BCUT2D eigenvalue weighted by Gasteiger charge is -1.99. The van der Waals surface area contributed by atoms with Gasteiger partial charge < -0.3 is 14.6 Å². The summed E-state index contributed by atoms with van der Waals surface area (Å²) in [5.74, 6) is -0.265. The Morgan fingerprint density at radius 1 is 1.64 bits per heavy atom. The van der Waals surface area contributed by atoms with E-state index < -0.39 is 12.3 Å². The van der Waals surface area contributed by atoms with Gasteiger partial charge in [0.25, 0.3) is 0 Å². The molecule has 0 aromatic rings. The third-order valence-electron chi connectivity index (χ3n) is 2.18. The number of carbonyl (C=O) groups is 2. The first-order valence-electron chi connectivity index (χ1n) is 3.35. The Bertz CT molecular complexity index is 197. The molecule has 11 heavy (non-hydrogen) atoms. The number of ether oxygens (including phenoxy) is 1. The van der Waals surface area contributed by atoms with Crippen molar-refractivity contribution in [3.63, 3.8) is 0 Å². The monoisotopic (exact) mass is 158 g/mol. The molecule has 0 unspecified atom stereocenters. The molecular weight excluding hydrogens is 148 g/mol. The molecule has 4 nitrogen and oxygen atoms in total. The summed E-state index contributed by atoms with van der Waals surface area (Å²) in [5, 5.41) is 8.23. The standard InChI is InChI=1S/C7H10O4/c1-7(2)4(3-8)5(7)11-6(9)10/h3-5H,1-2H3,(H,9,10)/t4-,5+/m0/s1. The van der Waals surface area contributed by atoms with E-state index in [4.69, 9.17) is 5.11 Å². The fourth-order valence-corrected chi connectivity index (χ4v) is 1.21. The van der Waals surface area contributed by atoms with Crippen LogP contribution in [0.2, 0.25) is 0 Å². The van der Waals surface area contributed by atoms with Crippen molar-refractivity contribution in [3.8, 4) is 0 Å². The van der Waals surface area contributed by atoms with E-state index in [1.54, 1.807) is 13.8 Å². The van der Waals surface area contributed by atoms with Crippen LogP contribution in [0.5, 0.6) is 0 Å². The van der Waals surface area contributed by atoms with E-state index in [0.29, 0.717) is 0 Å². The van der Waals surface area contributed by atoms with Gasteiger partial charge in [-0.2, -0.15) is 0 Å². The van der Waals surface area contributed by atoms with Gasteiger partial charge in [-0.3, -0.25) is 0 Å². The average Bonchev–Trinajstić information content (AvgIpc) is 2.33. The number of carbonyl (C=O) groups excluding carboxylic acids is 1. The normalized spacial score (nSPS) is 32.5. The lowest BCUT2D eigenvalue weighted by Crippen LogP contribution is -2.07. The van der Waals surface area contributed by atoms with Gasteiger partial charge in [-0.25, -0.2) is 4.79 Å². The van der Waals surface area contributed by atoms with E-state index >= 15 is 0 Å². The van der Waals surface area contributed by atoms with Crippen molar-refractivity contribution in [3.05, 3.63) is 0 Å². The van der Waals surface area contributed by atoms with Crippen molar-refractivity contribution < 1.29 is 19.4 Å². The van der Waals surface area contributed by atoms with Crippen LogP contribution >= 0.6 is 0 Å². The molecule has 1 saturated carbocycles. The Morgan fingerprint density at radius 2 is 2.18 bits per heavy atom. The lowest BCUT2D eigenvalue weighted by atomic mass is 10.1. The molecule has 1 aliphatic carbocycles. The smallest absolute Gasteiger partial charge is 0.450 e. The lowest BCUT2D eigenvalue weighted by molar-refractivity contribution is -0.109. The molecule has 0 saturated heterocycles.